The molecule has 1 aromatic carbocycles. The van der Waals surface area contributed by atoms with Gasteiger partial charge in [-0.1, -0.05) is 26.2 Å². The highest BCUT2D eigenvalue weighted by atomic mass is 19.2. The van der Waals surface area contributed by atoms with Crippen molar-refractivity contribution in [3.05, 3.63) is 29.6 Å². The molecule has 0 amide bonds. The van der Waals surface area contributed by atoms with E-state index in [-0.39, 0.29) is 5.69 Å². The predicted octanol–water partition coefficient (Wildman–Crippen LogP) is 4.10. The van der Waals surface area contributed by atoms with Crippen molar-refractivity contribution in [2.24, 2.45) is 0 Å². The Morgan fingerprint density at radius 2 is 1.62 bits per heavy atom. The molecule has 90 valence electrons. The number of hydrogen-bond donors (Lipinski definition) is 1. The molecule has 16 heavy (non-hydrogen) atoms. The molecular weight excluding hydrogens is 215 g/mol. The SMILES string of the molecule is CCCCCCNc1cc(F)c(F)c(F)c1. The van der Waals surface area contributed by atoms with Crippen LogP contribution in [-0.4, -0.2) is 6.54 Å². The van der Waals surface area contributed by atoms with Gasteiger partial charge in [-0.05, 0) is 6.42 Å². The van der Waals surface area contributed by atoms with Gasteiger partial charge in [0.15, 0.2) is 17.5 Å². The van der Waals surface area contributed by atoms with Crippen LogP contribution in [0.2, 0.25) is 0 Å². The minimum atomic E-state index is -1.42. The van der Waals surface area contributed by atoms with E-state index in [1.807, 2.05) is 0 Å². The van der Waals surface area contributed by atoms with Crippen LogP contribution in [0.4, 0.5) is 18.9 Å². The quantitative estimate of drug-likeness (QED) is 0.574. The van der Waals surface area contributed by atoms with Crippen LogP contribution in [0, 0.1) is 17.5 Å². The maximum atomic E-state index is 12.8. The summed E-state index contributed by atoms with van der Waals surface area (Å²) in [5, 5.41) is 2.87. The smallest absolute Gasteiger partial charge is 0.194 e. The Hall–Kier alpha value is -1.19. The van der Waals surface area contributed by atoms with Gasteiger partial charge in [-0.25, -0.2) is 13.2 Å². The van der Waals surface area contributed by atoms with Gasteiger partial charge in [-0.2, -0.15) is 0 Å². The Labute approximate surface area is 93.7 Å². The molecule has 0 spiro atoms. The third kappa shape index (κ3) is 3.76. The summed E-state index contributed by atoms with van der Waals surface area (Å²) in [6.45, 7) is 2.75. The topological polar surface area (TPSA) is 12.0 Å². The summed E-state index contributed by atoms with van der Waals surface area (Å²) in [5.41, 5.74) is 0.285. The Kier molecular flexibility index (Phi) is 5.15. The van der Waals surface area contributed by atoms with E-state index < -0.39 is 17.5 Å². The molecule has 1 aromatic rings. The van der Waals surface area contributed by atoms with E-state index in [1.165, 1.54) is 0 Å². The van der Waals surface area contributed by atoms with Crippen LogP contribution < -0.4 is 5.32 Å². The summed E-state index contributed by atoms with van der Waals surface area (Å²) < 4.78 is 38.3. The first-order chi connectivity index (χ1) is 7.65. The number of benzene rings is 1. The number of nitrogens with one attached hydrogen (secondary N) is 1. The summed E-state index contributed by atoms with van der Waals surface area (Å²) in [6.07, 6.45) is 4.30. The minimum absolute atomic E-state index is 0.285. The lowest BCUT2D eigenvalue weighted by atomic mass is 10.2. The number of halogens is 3. The molecule has 0 saturated carbocycles. The molecule has 1 rings (SSSR count). The van der Waals surface area contributed by atoms with Crippen LogP contribution in [0.3, 0.4) is 0 Å². The van der Waals surface area contributed by atoms with E-state index in [4.69, 9.17) is 0 Å². The van der Waals surface area contributed by atoms with Crippen molar-refractivity contribution in [2.75, 3.05) is 11.9 Å². The monoisotopic (exact) mass is 231 g/mol. The van der Waals surface area contributed by atoms with Gasteiger partial charge < -0.3 is 5.32 Å². The highest BCUT2D eigenvalue weighted by Crippen LogP contribution is 2.17. The molecule has 0 unspecified atom stereocenters. The Balaban J connectivity index is 2.43. The predicted molar refractivity (Wildman–Crippen MR) is 58.9 cm³/mol. The van der Waals surface area contributed by atoms with Gasteiger partial charge >= 0.3 is 0 Å². The maximum absolute atomic E-state index is 12.8. The fraction of sp³-hybridized carbons (Fsp3) is 0.500. The first-order valence-corrected chi connectivity index (χ1v) is 5.53. The van der Waals surface area contributed by atoms with Gasteiger partial charge in [-0.15, -0.1) is 0 Å². The average Bonchev–Trinajstić information content (AvgIpc) is 2.25. The van der Waals surface area contributed by atoms with Crippen molar-refractivity contribution in [3.63, 3.8) is 0 Å². The van der Waals surface area contributed by atoms with Gasteiger partial charge in [0.1, 0.15) is 0 Å². The lowest BCUT2D eigenvalue weighted by Crippen LogP contribution is -2.03. The van der Waals surface area contributed by atoms with Crippen molar-refractivity contribution in [1.82, 2.24) is 0 Å². The first kappa shape index (κ1) is 12.9. The molecule has 0 heterocycles. The third-order valence-electron chi connectivity index (χ3n) is 2.34. The van der Waals surface area contributed by atoms with E-state index in [0.29, 0.717) is 6.54 Å². The second-order valence-corrected chi connectivity index (χ2v) is 3.74. The Morgan fingerprint density at radius 3 is 2.19 bits per heavy atom. The molecular formula is C12H16F3N. The van der Waals surface area contributed by atoms with Gasteiger partial charge in [0, 0.05) is 24.4 Å². The van der Waals surface area contributed by atoms with Crippen LogP contribution >= 0.6 is 0 Å². The first-order valence-electron chi connectivity index (χ1n) is 5.53. The van der Waals surface area contributed by atoms with Crippen molar-refractivity contribution in [1.29, 1.82) is 0 Å². The second-order valence-electron chi connectivity index (χ2n) is 3.74. The fourth-order valence-corrected chi connectivity index (χ4v) is 1.44. The molecule has 4 heteroatoms. The zero-order valence-electron chi connectivity index (χ0n) is 9.32. The van der Waals surface area contributed by atoms with E-state index in [2.05, 4.69) is 12.2 Å². The van der Waals surface area contributed by atoms with Gasteiger partial charge in [-0.3, -0.25) is 0 Å². The number of unbranched alkanes of at least 4 members (excludes halogenated alkanes) is 3. The lowest BCUT2D eigenvalue weighted by Gasteiger charge is -2.07. The van der Waals surface area contributed by atoms with E-state index in [0.717, 1.165) is 37.8 Å². The van der Waals surface area contributed by atoms with Crippen molar-refractivity contribution in [3.8, 4) is 0 Å². The van der Waals surface area contributed by atoms with Crippen molar-refractivity contribution >= 4 is 5.69 Å². The molecule has 0 saturated heterocycles. The molecule has 0 bridgehead atoms. The van der Waals surface area contributed by atoms with Gasteiger partial charge in [0.25, 0.3) is 0 Å². The lowest BCUT2D eigenvalue weighted by molar-refractivity contribution is 0.447. The molecule has 1 N–H and O–H groups in total. The molecule has 0 radical (unpaired) electrons. The van der Waals surface area contributed by atoms with E-state index in [9.17, 15) is 13.2 Å². The van der Waals surface area contributed by atoms with Crippen molar-refractivity contribution in [2.45, 2.75) is 32.6 Å². The Bertz CT molecular complexity index is 316. The molecule has 1 nitrogen and oxygen atoms in total. The number of hydrogen-bond acceptors (Lipinski definition) is 1. The molecule has 0 fully saturated rings. The van der Waals surface area contributed by atoms with Crippen LogP contribution in [0.1, 0.15) is 32.6 Å². The van der Waals surface area contributed by atoms with E-state index in [1.54, 1.807) is 0 Å². The zero-order chi connectivity index (χ0) is 12.0. The molecule has 0 aromatic heterocycles. The second kappa shape index (κ2) is 6.40. The number of anilines is 1. The normalized spacial score (nSPS) is 10.5. The highest BCUT2D eigenvalue weighted by Gasteiger charge is 2.09. The standard InChI is InChI=1S/C12H16F3N/c1-2-3-4-5-6-16-9-7-10(13)12(15)11(14)8-9/h7-8,16H,2-6H2,1H3. The summed E-state index contributed by atoms with van der Waals surface area (Å²) >= 11 is 0. The molecule has 0 atom stereocenters. The fourth-order valence-electron chi connectivity index (χ4n) is 1.44. The summed E-state index contributed by atoms with van der Waals surface area (Å²) in [7, 11) is 0. The minimum Gasteiger partial charge on any atom is -0.385 e. The van der Waals surface area contributed by atoms with Gasteiger partial charge in [0.2, 0.25) is 0 Å². The molecule has 0 aliphatic rings. The largest absolute Gasteiger partial charge is 0.385 e. The number of rotatable bonds is 6. The van der Waals surface area contributed by atoms with Crippen LogP contribution in [-0.2, 0) is 0 Å². The molecule has 0 aliphatic heterocycles. The van der Waals surface area contributed by atoms with Crippen LogP contribution in [0.5, 0.6) is 0 Å². The summed E-state index contributed by atoms with van der Waals surface area (Å²) in [6, 6.07) is 1.94. The summed E-state index contributed by atoms with van der Waals surface area (Å²) in [5.74, 6) is -3.73. The summed E-state index contributed by atoms with van der Waals surface area (Å²) in [4.78, 5) is 0. The maximum Gasteiger partial charge on any atom is 0.194 e. The van der Waals surface area contributed by atoms with Gasteiger partial charge in [0.05, 0.1) is 0 Å². The third-order valence-corrected chi connectivity index (χ3v) is 2.34. The zero-order valence-corrected chi connectivity index (χ0v) is 9.32. The van der Waals surface area contributed by atoms with E-state index >= 15 is 0 Å². The van der Waals surface area contributed by atoms with Crippen LogP contribution in [0.15, 0.2) is 12.1 Å². The average molecular weight is 231 g/mol. The molecule has 0 aliphatic carbocycles. The highest BCUT2D eigenvalue weighted by molar-refractivity contribution is 5.43. The van der Waals surface area contributed by atoms with Crippen LogP contribution in [0.25, 0.3) is 0 Å². The van der Waals surface area contributed by atoms with Crippen molar-refractivity contribution < 1.29 is 13.2 Å². The Morgan fingerprint density at radius 1 is 1.00 bits per heavy atom.